The third kappa shape index (κ3) is 4.60. The van der Waals surface area contributed by atoms with Crippen molar-refractivity contribution in [3.8, 4) is 11.5 Å². The minimum atomic E-state index is -0.880. The summed E-state index contributed by atoms with van der Waals surface area (Å²) in [5, 5.41) is 16.1. The van der Waals surface area contributed by atoms with Gasteiger partial charge in [-0.2, -0.15) is 5.10 Å². The fourth-order valence-corrected chi connectivity index (χ4v) is 2.29. The number of hydrogen-bond acceptors (Lipinski definition) is 5. The summed E-state index contributed by atoms with van der Waals surface area (Å²) >= 11 is 0. The molecular weight excluding hydrogens is 334 g/mol. The summed E-state index contributed by atoms with van der Waals surface area (Å²) in [7, 11) is 1.44. The van der Waals surface area contributed by atoms with Gasteiger partial charge in [0.05, 0.1) is 12.8 Å². The average molecular weight is 355 g/mol. The molecule has 2 aromatic rings. The molecule has 2 rings (SSSR count). The number of phenolic OH excluding ortho intramolecular Hbond substituents is 1. The van der Waals surface area contributed by atoms with E-state index in [9.17, 15) is 14.7 Å². The summed E-state index contributed by atoms with van der Waals surface area (Å²) in [6.45, 7) is 5.45. The standard InChI is InChI=1S/C19H21N3O4/c1-11-5-7-15(12(2)9-11)20-18(24)19(25)22-21-13(3)14-6-8-16(23)17(10-14)26-4/h5-10,23H,1-4H3,(H,20,24)(H,22,25)/b21-13-. The van der Waals surface area contributed by atoms with Gasteiger partial charge in [0.25, 0.3) is 0 Å². The summed E-state index contributed by atoms with van der Waals surface area (Å²) in [6.07, 6.45) is 0. The lowest BCUT2D eigenvalue weighted by atomic mass is 10.1. The van der Waals surface area contributed by atoms with Gasteiger partial charge in [-0.3, -0.25) is 9.59 Å². The molecule has 7 nitrogen and oxygen atoms in total. The van der Waals surface area contributed by atoms with Gasteiger partial charge in [0, 0.05) is 11.3 Å². The lowest BCUT2D eigenvalue weighted by Gasteiger charge is -2.09. The number of carbonyl (C=O) groups is 2. The van der Waals surface area contributed by atoms with E-state index >= 15 is 0 Å². The molecule has 0 atom stereocenters. The number of nitrogens with zero attached hydrogens (tertiary/aromatic N) is 1. The van der Waals surface area contributed by atoms with E-state index in [1.165, 1.54) is 13.2 Å². The Labute approximate surface area is 151 Å². The van der Waals surface area contributed by atoms with Crippen LogP contribution in [0.5, 0.6) is 11.5 Å². The van der Waals surface area contributed by atoms with Crippen LogP contribution in [0.25, 0.3) is 0 Å². The first-order valence-corrected chi connectivity index (χ1v) is 7.92. The van der Waals surface area contributed by atoms with Crippen LogP contribution >= 0.6 is 0 Å². The monoisotopic (exact) mass is 355 g/mol. The van der Waals surface area contributed by atoms with Crippen LogP contribution in [0.1, 0.15) is 23.6 Å². The van der Waals surface area contributed by atoms with Crippen molar-refractivity contribution < 1.29 is 19.4 Å². The van der Waals surface area contributed by atoms with Crippen molar-refractivity contribution in [2.75, 3.05) is 12.4 Å². The van der Waals surface area contributed by atoms with Crippen LogP contribution in [-0.4, -0.2) is 29.7 Å². The predicted molar refractivity (Wildman–Crippen MR) is 99.6 cm³/mol. The maximum atomic E-state index is 12.0. The number of aromatic hydroxyl groups is 1. The molecule has 0 spiro atoms. The second-order valence-electron chi connectivity index (χ2n) is 5.80. The lowest BCUT2D eigenvalue weighted by Crippen LogP contribution is -2.33. The Hall–Kier alpha value is -3.35. The number of amides is 2. The smallest absolute Gasteiger partial charge is 0.329 e. The van der Waals surface area contributed by atoms with Crippen LogP contribution in [0, 0.1) is 13.8 Å². The van der Waals surface area contributed by atoms with Crippen LogP contribution in [0.15, 0.2) is 41.5 Å². The van der Waals surface area contributed by atoms with E-state index < -0.39 is 11.8 Å². The molecule has 0 aliphatic heterocycles. The first kappa shape index (κ1) is 19.0. The van der Waals surface area contributed by atoms with E-state index in [-0.39, 0.29) is 11.5 Å². The summed E-state index contributed by atoms with van der Waals surface area (Å²) < 4.78 is 5.03. The molecule has 0 fully saturated rings. The highest BCUT2D eigenvalue weighted by Crippen LogP contribution is 2.26. The van der Waals surface area contributed by atoms with E-state index in [0.29, 0.717) is 17.0 Å². The quantitative estimate of drug-likeness (QED) is 0.446. The number of benzene rings is 2. The van der Waals surface area contributed by atoms with Crippen LogP contribution in [-0.2, 0) is 9.59 Å². The fourth-order valence-electron chi connectivity index (χ4n) is 2.29. The number of ether oxygens (including phenoxy) is 1. The summed E-state index contributed by atoms with van der Waals surface area (Å²) in [5.41, 5.74) is 5.80. The Morgan fingerprint density at radius 2 is 1.81 bits per heavy atom. The van der Waals surface area contributed by atoms with Gasteiger partial charge in [-0.15, -0.1) is 0 Å². The number of carbonyl (C=O) groups excluding carboxylic acids is 2. The molecule has 0 aliphatic rings. The van der Waals surface area contributed by atoms with Crippen molar-refractivity contribution in [3.05, 3.63) is 53.1 Å². The molecule has 26 heavy (non-hydrogen) atoms. The molecule has 0 radical (unpaired) electrons. The zero-order chi connectivity index (χ0) is 19.3. The van der Waals surface area contributed by atoms with Gasteiger partial charge in [0.15, 0.2) is 11.5 Å². The molecule has 3 N–H and O–H groups in total. The van der Waals surface area contributed by atoms with E-state index in [4.69, 9.17) is 4.74 Å². The van der Waals surface area contributed by atoms with E-state index in [0.717, 1.165) is 11.1 Å². The van der Waals surface area contributed by atoms with Crippen LogP contribution in [0.4, 0.5) is 5.69 Å². The Balaban J connectivity index is 2.04. The molecule has 0 saturated carbocycles. The highest BCUT2D eigenvalue weighted by Gasteiger charge is 2.14. The Kier molecular flexibility index (Phi) is 5.95. The van der Waals surface area contributed by atoms with Gasteiger partial charge in [-0.05, 0) is 50.6 Å². The number of rotatable bonds is 4. The SMILES string of the molecule is COc1cc(/C(C)=N\NC(=O)C(=O)Nc2ccc(C)cc2C)ccc1O. The molecule has 0 heterocycles. The Morgan fingerprint density at radius 1 is 1.08 bits per heavy atom. The maximum absolute atomic E-state index is 12.0. The van der Waals surface area contributed by atoms with Gasteiger partial charge in [-0.25, -0.2) is 5.43 Å². The summed E-state index contributed by atoms with van der Waals surface area (Å²) in [4.78, 5) is 23.9. The molecule has 0 aromatic heterocycles. The molecule has 2 aromatic carbocycles. The van der Waals surface area contributed by atoms with Crippen LogP contribution in [0.2, 0.25) is 0 Å². The number of anilines is 1. The van der Waals surface area contributed by atoms with Gasteiger partial charge >= 0.3 is 11.8 Å². The van der Waals surface area contributed by atoms with Gasteiger partial charge in [0.2, 0.25) is 0 Å². The normalized spacial score (nSPS) is 11.0. The van der Waals surface area contributed by atoms with Gasteiger partial charge < -0.3 is 15.2 Å². The van der Waals surface area contributed by atoms with Crippen molar-refractivity contribution in [1.82, 2.24) is 5.43 Å². The number of hydrazone groups is 1. The van der Waals surface area contributed by atoms with Gasteiger partial charge in [0.1, 0.15) is 0 Å². The van der Waals surface area contributed by atoms with Crippen LogP contribution < -0.4 is 15.5 Å². The van der Waals surface area contributed by atoms with Crippen molar-refractivity contribution in [3.63, 3.8) is 0 Å². The zero-order valence-electron chi connectivity index (χ0n) is 15.1. The average Bonchev–Trinajstić information content (AvgIpc) is 2.62. The fraction of sp³-hybridized carbons (Fsp3) is 0.211. The second kappa shape index (κ2) is 8.15. The Morgan fingerprint density at radius 3 is 2.46 bits per heavy atom. The molecule has 0 aliphatic carbocycles. The van der Waals surface area contributed by atoms with Crippen LogP contribution in [0.3, 0.4) is 0 Å². The number of aryl methyl sites for hydroxylation is 2. The molecule has 0 saturated heterocycles. The number of methoxy groups -OCH3 is 1. The van der Waals surface area contributed by atoms with E-state index in [1.54, 1.807) is 25.1 Å². The van der Waals surface area contributed by atoms with E-state index in [1.807, 2.05) is 26.0 Å². The molecule has 2 amide bonds. The number of phenols is 1. The highest BCUT2D eigenvalue weighted by atomic mass is 16.5. The minimum absolute atomic E-state index is 0.000862. The van der Waals surface area contributed by atoms with Crippen molar-refractivity contribution in [2.45, 2.75) is 20.8 Å². The first-order valence-electron chi connectivity index (χ1n) is 7.92. The summed E-state index contributed by atoms with van der Waals surface area (Å²) in [6, 6.07) is 10.2. The molecular formula is C19H21N3O4. The second-order valence-corrected chi connectivity index (χ2v) is 5.80. The topological polar surface area (TPSA) is 100 Å². The number of nitrogens with one attached hydrogen (secondary N) is 2. The summed E-state index contributed by atoms with van der Waals surface area (Å²) in [5.74, 6) is -1.40. The van der Waals surface area contributed by atoms with Gasteiger partial charge in [-0.1, -0.05) is 17.7 Å². The van der Waals surface area contributed by atoms with Crippen molar-refractivity contribution >= 4 is 23.2 Å². The third-order valence-corrected chi connectivity index (χ3v) is 3.76. The molecule has 7 heteroatoms. The maximum Gasteiger partial charge on any atom is 0.329 e. The molecule has 136 valence electrons. The zero-order valence-corrected chi connectivity index (χ0v) is 15.1. The molecule has 0 unspecified atom stereocenters. The van der Waals surface area contributed by atoms with Crippen molar-refractivity contribution in [2.24, 2.45) is 5.10 Å². The minimum Gasteiger partial charge on any atom is -0.504 e. The largest absolute Gasteiger partial charge is 0.504 e. The van der Waals surface area contributed by atoms with E-state index in [2.05, 4.69) is 15.8 Å². The first-order chi connectivity index (χ1) is 12.3. The Bertz CT molecular complexity index is 875. The number of hydrogen-bond donors (Lipinski definition) is 3. The van der Waals surface area contributed by atoms with Crippen molar-refractivity contribution in [1.29, 1.82) is 0 Å². The lowest BCUT2D eigenvalue weighted by molar-refractivity contribution is -0.136. The highest BCUT2D eigenvalue weighted by molar-refractivity contribution is 6.39. The molecule has 0 bridgehead atoms. The predicted octanol–water partition coefficient (Wildman–Crippen LogP) is 2.50. The third-order valence-electron chi connectivity index (χ3n) is 3.76.